The van der Waals surface area contributed by atoms with E-state index in [-0.39, 0.29) is 6.10 Å². The van der Waals surface area contributed by atoms with Gasteiger partial charge in [-0.25, -0.2) is 0 Å². The number of aliphatic hydroxyl groups is 1. The largest absolute Gasteiger partial charge is 0.393 e. The minimum atomic E-state index is 0.0198. The minimum Gasteiger partial charge on any atom is -0.393 e. The molecule has 1 nitrogen and oxygen atoms in total. The second-order valence-electron chi connectivity index (χ2n) is 8.43. The lowest BCUT2D eigenvalue weighted by molar-refractivity contribution is 0.0668. The fourth-order valence-electron chi connectivity index (χ4n) is 5.73. The highest BCUT2D eigenvalue weighted by Crippen LogP contribution is 2.45. The van der Waals surface area contributed by atoms with Crippen LogP contribution in [0.25, 0.3) is 0 Å². The predicted molar refractivity (Wildman–Crippen MR) is 89.2 cm³/mol. The molecule has 3 rings (SSSR count). The van der Waals surface area contributed by atoms with Gasteiger partial charge in [-0.05, 0) is 93.8 Å². The average molecular weight is 293 g/mol. The van der Waals surface area contributed by atoms with E-state index in [9.17, 15) is 5.11 Å². The zero-order valence-corrected chi connectivity index (χ0v) is 14.1. The predicted octanol–water partition coefficient (Wildman–Crippen LogP) is 5.56. The number of rotatable bonds is 3. The third-order valence-corrected chi connectivity index (χ3v) is 7.36. The summed E-state index contributed by atoms with van der Waals surface area (Å²) in [6.45, 7) is 2.37. The van der Waals surface area contributed by atoms with Gasteiger partial charge in [-0.1, -0.05) is 26.2 Å². The number of hydrogen-bond donors (Lipinski definition) is 1. The fourth-order valence-corrected chi connectivity index (χ4v) is 5.73. The highest BCUT2D eigenvalue weighted by Gasteiger charge is 2.34. The molecular weight excluding hydrogens is 256 g/mol. The third kappa shape index (κ3) is 4.03. The second kappa shape index (κ2) is 7.49. The van der Waals surface area contributed by atoms with Crippen molar-refractivity contribution in [1.29, 1.82) is 0 Å². The van der Waals surface area contributed by atoms with Crippen LogP contribution in [0.3, 0.4) is 0 Å². The van der Waals surface area contributed by atoms with Gasteiger partial charge in [0.15, 0.2) is 0 Å². The van der Waals surface area contributed by atoms with Crippen LogP contribution in [0.5, 0.6) is 0 Å². The summed E-state index contributed by atoms with van der Waals surface area (Å²) in [7, 11) is 0. The molecule has 1 heteroatoms. The van der Waals surface area contributed by atoms with Crippen molar-refractivity contribution in [2.45, 2.75) is 96.5 Å². The molecule has 3 aliphatic rings. The van der Waals surface area contributed by atoms with Gasteiger partial charge in [0.25, 0.3) is 0 Å². The Morgan fingerprint density at radius 2 is 0.905 bits per heavy atom. The lowest BCUT2D eigenvalue weighted by atomic mass is 9.65. The summed E-state index contributed by atoms with van der Waals surface area (Å²) in [5.74, 6) is 5.13. The molecule has 21 heavy (non-hydrogen) atoms. The van der Waals surface area contributed by atoms with E-state index in [1.54, 1.807) is 0 Å². The van der Waals surface area contributed by atoms with Crippen LogP contribution in [0.1, 0.15) is 90.4 Å². The molecule has 0 aromatic rings. The Labute approximate surface area is 131 Å². The Morgan fingerprint density at radius 3 is 1.29 bits per heavy atom. The van der Waals surface area contributed by atoms with E-state index in [2.05, 4.69) is 6.92 Å². The SMILES string of the molecule is CCC1CCC(C2CCC(C3CCC(O)CC3)CC2)CC1. The van der Waals surface area contributed by atoms with E-state index >= 15 is 0 Å². The Kier molecular flexibility index (Phi) is 5.65. The fraction of sp³-hybridized carbons (Fsp3) is 1.00. The van der Waals surface area contributed by atoms with Gasteiger partial charge in [0.2, 0.25) is 0 Å². The smallest absolute Gasteiger partial charge is 0.0540 e. The molecular formula is C20H36O. The normalized spacial score (nSPS) is 45.4. The van der Waals surface area contributed by atoms with Gasteiger partial charge in [0.05, 0.1) is 6.10 Å². The van der Waals surface area contributed by atoms with Gasteiger partial charge in [-0.2, -0.15) is 0 Å². The quantitative estimate of drug-likeness (QED) is 0.722. The molecule has 0 saturated heterocycles. The highest BCUT2D eigenvalue weighted by molar-refractivity contribution is 4.85. The zero-order valence-electron chi connectivity index (χ0n) is 14.1. The van der Waals surface area contributed by atoms with Crippen LogP contribution in [0, 0.1) is 29.6 Å². The first kappa shape index (κ1) is 15.8. The van der Waals surface area contributed by atoms with Crippen LogP contribution in [0.4, 0.5) is 0 Å². The summed E-state index contributed by atoms with van der Waals surface area (Å²) in [6.07, 6.45) is 18.3. The van der Waals surface area contributed by atoms with Crippen LogP contribution in [0.2, 0.25) is 0 Å². The van der Waals surface area contributed by atoms with Crippen molar-refractivity contribution in [3.05, 3.63) is 0 Å². The van der Waals surface area contributed by atoms with Crippen molar-refractivity contribution in [2.75, 3.05) is 0 Å². The Balaban J connectivity index is 1.41. The molecule has 0 unspecified atom stereocenters. The molecule has 3 aliphatic carbocycles. The summed E-state index contributed by atoms with van der Waals surface area (Å²) in [5.41, 5.74) is 0. The topological polar surface area (TPSA) is 20.2 Å². The molecule has 0 aromatic heterocycles. The van der Waals surface area contributed by atoms with Gasteiger partial charge in [0.1, 0.15) is 0 Å². The van der Waals surface area contributed by atoms with Crippen LogP contribution in [-0.4, -0.2) is 11.2 Å². The highest BCUT2D eigenvalue weighted by atomic mass is 16.3. The third-order valence-electron chi connectivity index (χ3n) is 7.36. The van der Waals surface area contributed by atoms with Crippen LogP contribution in [0.15, 0.2) is 0 Å². The molecule has 0 aromatic carbocycles. The summed E-state index contributed by atoms with van der Waals surface area (Å²) in [6, 6.07) is 0. The first-order chi connectivity index (χ1) is 10.3. The second-order valence-corrected chi connectivity index (χ2v) is 8.43. The zero-order chi connectivity index (χ0) is 14.7. The van der Waals surface area contributed by atoms with E-state index in [4.69, 9.17) is 0 Å². The number of hydrogen-bond acceptors (Lipinski definition) is 1. The van der Waals surface area contributed by atoms with E-state index in [1.807, 2.05) is 0 Å². The standard InChI is InChI=1S/C20H36O/c1-2-15-3-5-16(6-4-15)17-7-9-18(10-8-17)19-11-13-20(21)14-12-19/h15-21H,2-14H2,1H3. The lowest BCUT2D eigenvalue weighted by Crippen LogP contribution is -2.30. The minimum absolute atomic E-state index is 0.0198. The van der Waals surface area contributed by atoms with Crippen LogP contribution in [-0.2, 0) is 0 Å². The molecule has 122 valence electrons. The van der Waals surface area contributed by atoms with Crippen molar-refractivity contribution in [3.8, 4) is 0 Å². The first-order valence-electron chi connectivity index (χ1n) is 9.94. The van der Waals surface area contributed by atoms with Crippen molar-refractivity contribution < 1.29 is 5.11 Å². The molecule has 1 N–H and O–H groups in total. The Morgan fingerprint density at radius 1 is 0.571 bits per heavy atom. The maximum atomic E-state index is 9.68. The van der Waals surface area contributed by atoms with Crippen molar-refractivity contribution in [2.24, 2.45) is 29.6 Å². The van der Waals surface area contributed by atoms with Crippen molar-refractivity contribution in [1.82, 2.24) is 0 Å². The molecule has 0 heterocycles. The first-order valence-corrected chi connectivity index (χ1v) is 9.94. The summed E-state index contributed by atoms with van der Waals surface area (Å²) < 4.78 is 0. The monoisotopic (exact) mass is 292 g/mol. The summed E-state index contributed by atoms with van der Waals surface area (Å²) in [4.78, 5) is 0. The maximum absolute atomic E-state index is 9.68. The molecule has 0 amide bonds. The Bertz CT molecular complexity index is 289. The van der Waals surface area contributed by atoms with Gasteiger partial charge in [0, 0.05) is 0 Å². The number of aliphatic hydroxyl groups excluding tert-OH is 1. The lowest BCUT2D eigenvalue weighted by Gasteiger charge is -2.41. The maximum Gasteiger partial charge on any atom is 0.0540 e. The van der Waals surface area contributed by atoms with E-state index < -0.39 is 0 Å². The molecule has 3 fully saturated rings. The molecule has 0 aliphatic heterocycles. The van der Waals surface area contributed by atoms with Gasteiger partial charge in [-0.3, -0.25) is 0 Å². The molecule has 0 spiro atoms. The van der Waals surface area contributed by atoms with E-state index in [0.717, 1.165) is 42.4 Å². The van der Waals surface area contributed by atoms with Gasteiger partial charge >= 0.3 is 0 Å². The Hall–Kier alpha value is -0.0400. The van der Waals surface area contributed by atoms with E-state index in [0.29, 0.717) is 0 Å². The average Bonchev–Trinajstić information content (AvgIpc) is 2.56. The van der Waals surface area contributed by atoms with Gasteiger partial charge in [-0.15, -0.1) is 0 Å². The summed E-state index contributed by atoms with van der Waals surface area (Å²) in [5, 5.41) is 9.68. The van der Waals surface area contributed by atoms with E-state index in [1.165, 1.54) is 70.6 Å². The van der Waals surface area contributed by atoms with Crippen molar-refractivity contribution in [3.63, 3.8) is 0 Å². The molecule has 0 radical (unpaired) electrons. The van der Waals surface area contributed by atoms with Gasteiger partial charge < -0.3 is 5.11 Å². The van der Waals surface area contributed by atoms with Crippen LogP contribution >= 0.6 is 0 Å². The summed E-state index contributed by atoms with van der Waals surface area (Å²) >= 11 is 0. The van der Waals surface area contributed by atoms with Crippen molar-refractivity contribution >= 4 is 0 Å². The molecule has 0 atom stereocenters. The molecule has 0 bridgehead atoms. The van der Waals surface area contributed by atoms with Crippen LogP contribution < -0.4 is 0 Å². The molecule has 3 saturated carbocycles.